The molecule has 0 spiro atoms. The van der Waals surface area contributed by atoms with Crippen molar-refractivity contribution >= 4 is 17.4 Å². The summed E-state index contributed by atoms with van der Waals surface area (Å²) in [6, 6.07) is 7.45. The highest BCUT2D eigenvalue weighted by molar-refractivity contribution is 6.33. The molecule has 106 valence electrons. The Morgan fingerprint density at radius 1 is 1.25 bits per heavy atom. The van der Waals surface area contributed by atoms with Crippen LogP contribution in [-0.4, -0.2) is 24.1 Å². The van der Waals surface area contributed by atoms with Crippen molar-refractivity contribution in [1.82, 2.24) is 9.97 Å². The first-order valence-corrected chi connectivity index (χ1v) is 6.84. The molecular formula is C15H18ClN3O. The van der Waals surface area contributed by atoms with Gasteiger partial charge in [0.25, 0.3) is 0 Å². The van der Waals surface area contributed by atoms with Crippen LogP contribution in [0.4, 0.5) is 5.82 Å². The van der Waals surface area contributed by atoms with Gasteiger partial charge in [0.2, 0.25) is 0 Å². The van der Waals surface area contributed by atoms with E-state index in [9.17, 15) is 0 Å². The van der Waals surface area contributed by atoms with Crippen LogP contribution < -0.4 is 10.1 Å². The van der Waals surface area contributed by atoms with Crippen LogP contribution in [0.25, 0.3) is 11.4 Å². The van der Waals surface area contributed by atoms with E-state index in [-0.39, 0.29) is 0 Å². The van der Waals surface area contributed by atoms with Crippen LogP contribution in [0.1, 0.15) is 25.5 Å². The van der Waals surface area contributed by atoms with Crippen LogP contribution in [0.2, 0.25) is 5.02 Å². The number of aromatic nitrogens is 2. The van der Waals surface area contributed by atoms with E-state index in [2.05, 4.69) is 29.1 Å². The Morgan fingerprint density at radius 2 is 2.00 bits per heavy atom. The van der Waals surface area contributed by atoms with Gasteiger partial charge >= 0.3 is 0 Å². The summed E-state index contributed by atoms with van der Waals surface area (Å²) in [5.41, 5.74) is 1.68. The van der Waals surface area contributed by atoms with Gasteiger partial charge < -0.3 is 10.1 Å². The number of benzene rings is 1. The molecule has 0 unspecified atom stereocenters. The maximum Gasteiger partial charge on any atom is 0.167 e. The molecule has 20 heavy (non-hydrogen) atoms. The SMILES string of the molecule is CNc1cc(C(C)C)nc(-c2c(Cl)cccc2OC)n1. The predicted octanol–water partition coefficient (Wildman–Crippen LogP) is 3.97. The molecule has 1 aromatic carbocycles. The minimum Gasteiger partial charge on any atom is -0.496 e. The molecule has 1 heterocycles. The Morgan fingerprint density at radius 3 is 2.60 bits per heavy atom. The molecule has 1 N–H and O–H groups in total. The number of methoxy groups -OCH3 is 1. The Labute approximate surface area is 124 Å². The number of hydrogen-bond donors (Lipinski definition) is 1. The van der Waals surface area contributed by atoms with Crippen LogP contribution in [0.5, 0.6) is 5.75 Å². The third-order valence-corrected chi connectivity index (χ3v) is 3.33. The van der Waals surface area contributed by atoms with Gasteiger partial charge in [0.05, 0.1) is 17.7 Å². The third kappa shape index (κ3) is 2.85. The number of rotatable bonds is 4. The van der Waals surface area contributed by atoms with E-state index in [0.29, 0.717) is 22.5 Å². The number of nitrogens with one attached hydrogen (secondary N) is 1. The Hall–Kier alpha value is -1.81. The molecule has 5 heteroatoms. The van der Waals surface area contributed by atoms with E-state index in [4.69, 9.17) is 16.3 Å². The van der Waals surface area contributed by atoms with Gasteiger partial charge in [0.15, 0.2) is 5.82 Å². The lowest BCUT2D eigenvalue weighted by Crippen LogP contribution is -2.03. The Kier molecular flexibility index (Phi) is 4.45. The maximum atomic E-state index is 6.29. The van der Waals surface area contributed by atoms with Crippen molar-refractivity contribution in [3.8, 4) is 17.1 Å². The molecule has 4 nitrogen and oxygen atoms in total. The zero-order valence-corrected chi connectivity index (χ0v) is 12.8. The summed E-state index contributed by atoms with van der Waals surface area (Å²) >= 11 is 6.29. The van der Waals surface area contributed by atoms with Gasteiger partial charge in [-0.3, -0.25) is 0 Å². The van der Waals surface area contributed by atoms with Gasteiger partial charge in [-0.1, -0.05) is 31.5 Å². The zero-order valence-electron chi connectivity index (χ0n) is 12.1. The van der Waals surface area contributed by atoms with Gasteiger partial charge in [0.1, 0.15) is 11.6 Å². The summed E-state index contributed by atoms with van der Waals surface area (Å²) < 4.78 is 5.37. The number of halogens is 1. The summed E-state index contributed by atoms with van der Waals surface area (Å²) in [6.07, 6.45) is 0. The van der Waals surface area contributed by atoms with Gasteiger partial charge in [-0.15, -0.1) is 0 Å². The Balaban J connectivity index is 2.66. The van der Waals surface area contributed by atoms with Crippen LogP contribution in [0.3, 0.4) is 0 Å². The molecule has 2 rings (SSSR count). The van der Waals surface area contributed by atoms with Crippen molar-refractivity contribution in [3.63, 3.8) is 0 Å². The molecule has 0 bridgehead atoms. The lowest BCUT2D eigenvalue weighted by molar-refractivity contribution is 0.416. The summed E-state index contributed by atoms with van der Waals surface area (Å²) in [4.78, 5) is 9.09. The molecule has 0 radical (unpaired) electrons. The summed E-state index contributed by atoms with van der Waals surface area (Å²) in [5.74, 6) is 2.31. The van der Waals surface area contributed by atoms with Crippen LogP contribution in [0.15, 0.2) is 24.3 Å². The molecule has 0 aliphatic heterocycles. The normalized spacial score (nSPS) is 10.7. The fourth-order valence-corrected chi connectivity index (χ4v) is 2.14. The summed E-state index contributed by atoms with van der Waals surface area (Å²) in [7, 11) is 3.44. The van der Waals surface area contributed by atoms with E-state index in [1.54, 1.807) is 7.11 Å². The van der Waals surface area contributed by atoms with Crippen molar-refractivity contribution < 1.29 is 4.74 Å². The van der Waals surface area contributed by atoms with Gasteiger partial charge in [-0.25, -0.2) is 9.97 Å². The summed E-state index contributed by atoms with van der Waals surface area (Å²) in [5, 5.41) is 3.63. The molecule has 2 aromatic rings. The number of hydrogen-bond acceptors (Lipinski definition) is 4. The number of ether oxygens (including phenoxy) is 1. The molecule has 0 fully saturated rings. The standard InChI is InChI=1S/C15H18ClN3O/c1-9(2)11-8-13(17-3)19-15(18-11)14-10(16)6-5-7-12(14)20-4/h5-9H,1-4H3,(H,17,18,19). The van der Waals surface area contributed by atoms with Crippen molar-refractivity contribution in [2.45, 2.75) is 19.8 Å². The Bertz CT molecular complexity index is 614. The quantitative estimate of drug-likeness (QED) is 0.926. The fourth-order valence-electron chi connectivity index (χ4n) is 1.89. The molecule has 0 aliphatic carbocycles. The molecule has 0 aliphatic rings. The van der Waals surface area contributed by atoms with E-state index < -0.39 is 0 Å². The van der Waals surface area contributed by atoms with Crippen LogP contribution >= 0.6 is 11.6 Å². The number of nitrogens with zero attached hydrogens (tertiary/aromatic N) is 2. The molecule has 1 aromatic heterocycles. The van der Waals surface area contributed by atoms with Crippen molar-refractivity contribution in [2.24, 2.45) is 0 Å². The lowest BCUT2D eigenvalue weighted by Gasteiger charge is -2.13. The first-order chi connectivity index (χ1) is 9.56. The average Bonchev–Trinajstić information content (AvgIpc) is 2.46. The lowest BCUT2D eigenvalue weighted by atomic mass is 10.1. The topological polar surface area (TPSA) is 47.0 Å². The van der Waals surface area contributed by atoms with Gasteiger partial charge in [0, 0.05) is 18.8 Å². The van der Waals surface area contributed by atoms with Crippen molar-refractivity contribution in [2.75, 3.05) is 19.5 Å². The first-order valence-electron chi connectivity index (χ1n) is 6.46. The van der Waals surface area contributed by atoms with Crippen LogP contribution in [0, 0.1) is 0 Å². The van der Waals surface area contributed by atoms with Crippen LogP contribution in [-0.2, 0) is 0 Å². The second kappa shape index (κ2) is 6.09. The largest absolute Gasteiger partial charge is 0.496 e. The molecule has 0 saturated carbocycles. The first kappa shape index (κ1) is 14.6. The van der Waals surface area contributed by atoms with Gasteiger partial charge in [-0.05, 0) is 18.1 Å². The zero-order chi connectivity index (χ0) is 14.7. The minimum atomic E-state index is 0.303. The second-order valence-electron chi connectivity index (χ2n) is 4.72. The average molecular weight is 292 g/mol. The third-order valence-electron chi connectivity index (χ3n) is 3.01. The maximum absolute atomic E-state index is 6.29. The number of anilines is 1. The van der Waals surface area contributed by atoms with E-state index >= 15 is 0 Å². The predicted molar refractivity (Wildman–Crippen MR) is 82.7 cm³/mol. The molecular weight excluding hydrogens is 274 g/mol. The highest BCUT2D eigenvalue weighted by Gasteiger charge is 2.16. The van der Waals surface area contributed by atoms with E-state index in [0.717, 1.165) is 17.1 Å². The highest BCUT2D eigenvalue weighted by atomic mass is 35.5. The second-order valence-corrected chi connectivity index (χ2v) is 5.13. The molecule has 0 atom stereocenters. The smallest absolute Gasteiger partial charge is 0.167 e. The molecule has 0 saturated heterocycles. The monoisotopic (exact) mass is 291 g/mol. The minimum absolute atomic E-state index is 0.303. The van der Waals surface area contributed by atoms with E-state index in [1.807, 2.05) is 31.3 Å². The highest BCUT2D eigenvalue weighted by Crippen LogP contribution is 2.35. The fraction of sp³-hybridized carbons (Fsp3) is 0.333. The molecule has 0 amide bonds. The summed E-state index contributed by atoms with van der Waals surface area (Å²) in [6.45, 7) is 4.19. The van der Waals surface area contributed by atoms with Crippen molar-refractivity contribution in [1.29, 1.82) is 0 Å². The van der Waals surface area contributed by atoms with Gasteiger partial charge in [-0.2, -0.15) is 0 Å². The van der Waals surface area contributed by atoms with Crippen molar-refractivity contribution in [3.05, 3.63) is 35.0 Å². The van der Waals surface area contributed by atoms with E-state index in [1.165, 1.54) is 0 Å².